The summed E-state index contributed by atoms with van der Waals surface area (Å²) in [5.74, 6) is -6.01. The van der Waals surface area contributed by atoms with Crippen LogP contribution in [0.2, 0.25) is 0 Å². The molecular weight excluding hydrogens is 443 g/mol. The molecule has 1 aliphatic heterocycles. The van der Waals surface area contributed by atoms with E-state index < -0.39 is 52.7 Å². The lowest BCUT2D eigenvalue weighted by Crippen LogP contribution is -2.35. The maximum Gasteiger partial charge on any atom is 0.416 e. The average molecular weight is 457 g/mol. The Morgan fingerprint density at radius 1 is 1.00 bits per heavy atom. The van der Waals surface area contributed by atoms with Crippen LogP contribution in [0.5, 0.6) is 0 Å². The molecule has 1 N–H and O–H groups in total. The lowest BCUT2D eigenvalue weighted by molar-refractivity contribution is -0.137. The zero-order chi connectivity index (χ0) is 23.2. The normalized spacial score (nSPS) is 14.5. The molecule has 0 saturated heterocycles. The van der Waals surface area contributed by atoms with E-state index in [9.17, 15) is 35.5 Å². The molecule has 0 radical (unpaired) electrons. The van der Waals surface area contributed by atoms with Crippen LogP contribution in [-0.2, 0) is 25.7 Å². The Kier molecular flexibility index (Phi) is 5.53. The van der Waals surface area contributed by atoms with E-state index in [1.807, 2.05) is 0 Å². The number of fused-ring (bicyclic) bond motifs is 1. The molecule has 2 aromatic carbocycles. The summed E-state index contributed by atoms with van der Waals surface area (Å²) in [4.78, 5) is 20.7. The summed E-state index contributed by atoms with van der Waals surface area (Å²) in [6.07, 6.45) is -4.36. The first-order chi connectivity index (χ1) is 15.0. The summed E-state index contributed by atoms with van der Waals surface area (Å²) in [6.45, 7) is -0.339. The molecule has 0 aliphatic carbocycles. The van der Waals surface area contributed by atoms with Crippen molar-refractivity contribution in [2.45, 2.75) is 25.7 Å². The topological polar surface area (TPSA) is 49.0 Å². The molecule has 11 heteroatoms. The van der Waals surface area contributed by atoms with Gasteiger partial charge in [0.2, 0.25) is 0 Å². The van der Waals surface area contributed by atoms with E-state index in [1.165, 1.54) is 4.90 Å². The highest BCUT2D eigenvalue weighted by Gasteiger charge is 2.30. The van der Waals surface area contributed by atoms with Crippen LogP contribution in [0.25, 0.3) is 11.4 Å². The predicted molar refractivity (Wildman–Crippen MR) is 99.4 cm³/mol. The van der Waals surface area contributed by atoms with Crippen molar-refractivity contribution in [3.63, 3.8) is 0 Å². The molecule has 1 aromatic heterocycles. The largest absolute Gasteiger partial charge is 0.416 e. The standard InChI is InChI=1S/C21H14F7N3O/c22-14-7-15(23)18(25)13(17(14)24)8-31-6-5-12-16(9-31)29-19(30-20(12)32)10-1-3-11(4-2-10)21(26,27)28/h1-4,7H,5-6,8-9H2,(H,29,30,32). The number of alkyl halides is 3. The maximum atomic E-state index is 14.0. The van der Waals surface area contributed by atoms with Crippen molar-refractivity contribution >= 4 is 0 Å². The zero-order valence-electron chi connectivity index (χ0n) is 16.2. The van der Waals surface area contributed by atoms with Gasteiger partial charge >= 0.3 is 6.18 Å². The molecule has 0 spiro atoms. The van der Waals surface area contributed by atoms with Crippen LogP contribution in [-0.4, -0.2) is 21.4 Å². The van der Waals surface area contributed by atoms with Gasteiger partial charge in [0.05, 0.1) is 11.3 Å². The number of rotatable bonds is 3. The van der Waals surface area contributed by atoms with Gasteiger partial charge in [-0.2, -0.15) is 13.2 Å². The van der Waals surface area contributed by atoms with Gasteiger partial charge in [-0.1, -0.05) is 12.1 Å². The molecular formula is C21H14F7N3O. The molecule has 2 heterocycles. The Morgan fingerprint density at radius 2 is 1.62 bits per heavy atom. The van der Waals surface area contributed by atoms with Gasteiger partial charge in [0.1, 0.15) is 5.82 Å². The van der Waals surface area contributed by atoms with Gasteiger partial charge in [-0.05, 0) is 18.6 Å². The minimum Gasteiger partial charge on any atom is -0.306 e. The summed E-state index contributed by atoms with van der Waals surface area (Å²) in [5.41, 5.74) is -1.31. The number of nitrogens with zero attached hydrogens (tertiary/aromatic N) is 2. The number of aromatic nitrogens is 2. The summed E-state index contributed by atoms with van der Waals surface area (Å²) in [6, 6.07) is 4.15. The fourth-order valence-corrected chi connectivity index (χ4v) is 3.57. The zero-order valence-corrected chi connectivity index (χ0v) is 16.2. The summed E-state index contributed by atoms with van der Waals surface area (Å²) >= 11 is 0. The van der Waals surface area contributed by atoms with Crippen molar-refractivity contribution in [2.24, 2.45) is 0 Å². The third kappa shape index (κ3) is 4.12. The molecule has 168 valence electrons. The quantitative estimate of drug-likeness (QED) is 0.463. The monoisotopic (exact) mass is 457 g/mol. The highest BCUT2D eigenvalue weighted by Crippen LogP contribution is 2.30. The molecule has 3 aromatic rings. The van der Waals surface area contributed by atoms with Gasteiger partial charge in [0, 0.05) is 42.4 Å². The van der Waals surface area contributed by atoms with Crippen molar-refractivity contribution in [3.8, 4) is 11.4 Å². The average Bonchev–Trinajstić information content (AvgIpc) is 2.74. The van der Waals surface area contributed by atoms with Gasteiger partial charge in [0.25, 0.3) is 5.56 Å². The van der Waals surface area contributed by atoms with Gasteiger partial charge in [-0.25, -0.2) is 22.5 Å². The maximum absolute atomic E-state index is 14.0. The second-order valence-corrected chi connectivity index (χ2v) is 7.32. The molecule has 32 heavy (non-hydrogen) atoms. The Labute approximate surface area is 176 Å². The Bertz CT molecular complexity index is 1210. The van der Waals surface area contributed by atoms with Gasteiger partial charge in [-0.15, -0.1) is 0 Å². The number of aromatic amines is 1. The van der Waals surface area contributed by atoms with E-state index in [4.69, 9.17) is 0 Å². The highest BCUT2D eigenvalue weighted by molar-refractivity contribution is 5.56. The number of hydrogen-bond acceptors (Lipinski definition) is 3. The lowest BCUT2D eigenvalue weighted by Gasteiger charge is -2.28. The Morgan fingerprint density at radius 3 is 2.22 bits per heavy atom. The fourth-order valence-electron chi connectivity index (χ4n) is 3.57. The molecule has 0 bridgehead atoms. The smallest absolute Gasteiger partial charge is 0.306 e. The van der Waals surface area contributed by atoms with Crippen LogP contribution in [0.1, 0.15) is 22.4 Å². The molecule has 0 atom stereocenters. The van der Waals surface area contributed by atoms with Crippen LogP contribution in [0.4, 0.5) is 30.7 Å². The predicted octanol–water partition coefficient (Wildman–Crippen LogP) is 4.57. The fraction of sp³-hybridized carbons (Fsp3) is 0.238. The van der Waals surface area contributed by atoms with E-state index in [2.05, 4.69) is 9.97 Å². The third-order valence-corrected chi connectivity index (χ3v) is 5.22. The van der Waals surface area contributed by atoms with Crippen LogP contribution in [0.15, 0.2) is 35.1 Å². The molecule has 4 nitrogen and oxygen atoms in total. The van der Waals surface area contributed by atoms with E-state index in [1.54, 1.807) is 0 Å². The summed E-state index contributed by atoms with van der Waals surface area (Å²) in [7, 11) is 0. The number of hydrogen-bond donors (Lipinski definition) is 1. The first-order valence-electron chi connectivity index (χ1n) is 9.38. The Balaban J connectivity index is 1.63. The molecule has 1 aliphatic rings. The molecule has 0 fully saturated rings. The minimum absolute atomic E-state index is 0.0264. The van der Waals surface area contributed by atoms with Crippen molar-refractivity contribution in [2.75, 3.05) is 6.54 Å². The number of halogens is 7. The summed E-state index contributed by atoms with van der Waals surface area (Å²) in [5, 5.41) is 0. The Hall–Kier alpha value is -3.21. The second-order valence-electron chi connectivity index (χ2n) is 7.32. The summed E-state index contributed by atoms with van der Waals surface area (Å²) < 4.78 is 93.2. The molecule has 0 saturated carbocycles. The third-order valence-electron chi connectivity index (χ3n) is 5.22. The first-order valence-corrected chi connectivity index (χ1v) is 9.38. The van der Waals surface area contributed by atoms with Crippen LogP contribution >= 0.6 is 0 Å². The van der Waals surface area contributed by atoms with Crippen LogP contribution in [0.3, 0.4) is 0 Å². The molecule has 0 unspecified atom stereocenters. The SMILES string of the molecule is O=c1[nH]c(-c2ccc(C(F)(F)F)cc2)nc2c1CCN(Cc1c(F)c(F)cc(F)c1F)C2. The van der Waals surface area contributed by atoms with Crippen molar-refractivity contribution in [3.05, 3.63) is 86.3 Å². The highest BCUT2D eigenvalue weighted by atomic mass is 19.4. The van der Waals surface area contributed by atoms with Crippen molar-refractivity contribution in [1.82, 2.24) is 14.9 Å². The minimum atomic E-state index is -4.52. The van der Waals surface area contributed by atoms with E-state index in [0.29, 0.717) is 5.56 Å². The first kappa shape index (κ1) is 22.0. The van der Waals surface area contributed by atoms with Gasteiger partial charge < -0.3 is 4.98 Å². The van der Waals surface area contributed by atoms with Crippen molar-refractivity contribution in [1.29, 1.82) is 0 Å². The second kappa shape index (κ2) is 8.05. The number of nitrogens with one attached hydrogen (secondary N) is 1. The molecule has 4 rings (SSSR count). The van der Waals surface area contributed by atoms with E-state index >= 15 is 0 Å². The lowest BCUT2D eigenvalue weighted by atomic mass is 10.0. The van der Waals surface area contributed by atoms with Crippen LogP contribution in [0, 0.1) is 23.3 Å². The van der Waals surface area contributed by atoms with E-state index in [0.717, 1.165) is 24.3 Å². The number of benzene rings is 2. The molecule has 0 amide bonds. The van der Waals surface area contributed by atoms with E-state index in [-0.39, 0.29) is 42.7 Å². The number of H-pyrrole nitrogens is 1. The van der Waals surface area contributed by atoms with Gasteiger partial charge in [-0.3, -0.25) is 9.69 Å². The van der Waals surface area contributed by atoms with Gasteiger partial charge in [0.15, 0.2) is 23.3 Å². The van der Waals surface area contributed by atoms with Crippen LogP contribution < -0.4 is 5.56 Å². The van der Waals surface area contributed by atoms with Crippen molar-refractivity contribution < 1.29 is 30.7 Å².